The fourth-order valence-electron chi connectivity index (χ4n) is 1.90. The molecular weight excluding hydrogens is 252 g/mol. The molecule has 0 aliphatic heterocycles. The molecule has 2 aromatic rings. The summed E-state index contributed by atoms with van der Waals surface area (Å²) in [5, 5.41) is 3.83. The molecule has 4 nitrogen and oxygen atoms in total. The van der Waals surface area contributed by atoms with Crippen LogP contribution < -0.4 is 5.32 Å². The van der Waals surface area contributed by atoms with E-state index in [2.05, 4.69) is 10.3 Å². The molecule has 0 saturated carbocycles. The zero-order valence-electron chi connectivity index (χ0n) is 11.7. The van der Waals surface area contributed by atoms with Gasteiger partial charge in [-0.3, -0.25) is 4.79 Å². The van der Waals surface area contributed by atoms with Crippen molar-refractivity contribution in [1.29, 1.82) is 0 Å². The van der Waals surface area contributed by atoms with Crippen molar-refractivity contribution in [2.45, 2.75) is 6.92 Å². The molecule has 0 atom stereocenters. The number of hydrogen-bond donors (Lipinski definition) is 1. The van der Waals surface area contributed by atoms with Gasteiger partial charge in [-0.05, 0) is 24.6 Å². The molecule has 0 aliphatic rings. The first-order chi connectivity index (χ1) is 9.70. The van der Waals surface area contributed by atoms with Crippen molar-refractivity contribution in [3.63, 3.8) is 0 Å². The quantitative estimate of drug-likeness (QED) is 0.670. The van der Waals surface area contributed by atoms with Gasteiger partial charge in [-0.15, -0.1) is 0 Å². The van der Waals surface area contributed by atoms with Crippen molar-refractivity contribution in [2.24, 2.45) is 0 Å². The predicted molar refractivity (Wildman–Crippen MR) is 80.4 cm³/mol. The van der Waals surface area contributed by atoms with Gasteiger partial charge in [0, 0.05) is 25.1 Å². The lowest BCUT2D eigenvalue weighted by molar-refractivity contribution is -0.116. The molecule has 0 fully saturated rings. The lowest BCUT2D eigenvalue weighted by Crippen LogP contribution is -2.24. The highest BCUT2D eigenvalue weighted by Gasteiger charge is 1.99. The van der Waals surface area contributed by atoms with Gasteiger partial charge in [-0.25, -0.2) is 4.98 Å². The maximum Gasteiger partial charge on any atom is 0.244 e. The molecule has 0 spiro atoms. The molecule has 1 aromatic carbocycles. The fourth-order valence-corrected chi connectivity index (χ4v) is 1.90. The Labute approximate surface area is 118 Å². The molecule has 0 radical (unpaired) electrons. The zero-order valence-corrected chi connectivity index (χ0v) is 11.7. The van der Waals surface area contributed by atoms with E-state index in [9.17, 15) is 4.79 Å². The Morgan fingerprint density at radius 3 is 3.00 bits per heavy atom. The first-order valence-electron chi connectivity index (χ1n) is 6.52. The molecule has 0 unspecified atom stereocenters. The first kappa shape index (κ1) is 14.2. The number of nitrogens with zero attached hydrogens (tertiary/aromatic N) is 1. The van der Waals surface area contributed by atoms with Gasteiger partial charge in [0.15, 0.2) is 0 Å². The monoisotopic (exact) mass is 270 g/mol. The molecule has 0 bridgehead atoms. The number of fused-ring (bicyclic) bond motifs is 1. The normalized spacial score (nSPS) is 11.1. The number of pyridine rings is 1. The maximum atomic E-state index is 11.5. The first-order valence-corrected chi connectivity index (χ1v) is 6.52. The lowest BCUT2D eigenvalue weighted by atomic mass is 10.1. The Morgan fingerprint density at radius 1 is 1.35 bits per heavy atom. The molecule has 104 valence electrons. The summed E-state index contributed by atoms with van der Waals surface area (Å²) in [6.07, 6.45) is 3.20. The van der Waals surface area contributed by atoms with Crippen LogP contribution in [0.5, 0.6) is 0 Å². The zero-order chi connectivity index (χ0) is 14.4. The minimum absolute atomic E-state index is 0.145. The van der Waals surface area contributed by atoms with Crippen LogP contribution >= 0.6 is 0 Å². The third-order valence-corrected chi connectivity index (χ3v) is 2.95. The molecule has 4 heteroatoms. The number of nitrogens with one attached hydrogen (secondary N) is 1. The second kappa shape index (κ2) is 6.82. The van der Waals surface area contributed by atoms with Crippen LogP contribution in [0.4, 0.5) is 0 Å². The number of aryl methyl sites for hydroxylation is 1. The lowest BCUT2D eigenvalue weighted by Gasteiger charge is -2.02. The van der Waals surface area contributed by atoms with Gasteiger partial charge in [-0.1, -0.05) is 24.3 Å². The molecule has 1 aromatic heterocycles. The topological polar surface area (TPSA) is 51.2 Å². The van der Waals surface area contributed by atoms with Crippen molar-refractivity contribution in [1.82, 2.24) is 10.3 Å². The number of carbonyl (C=O) groups excluding carboxylic acids is 1. The number of carbonyl (C=O) groups is 1. The second-order valence-electron chi connectivity index (χ2n) is 4.50. The Bertz CT molecular complexity index is 635. The number of benzene rings is 1. The summed E-state index contributed by atoms with van der Waals surface area (Å²) in [4.78, 5) is 16.1. The summed E-state index contributed by atoms with van der Waals surface area (Å²) in [5.74, 6) is -0.145. The van der Waals surface area contributed by atoms with Crippen LogP contribution in [0.25, 0.3) is 17.0 Å². The van der Waals surface area contributed by atoms with E-state index in [1.807, 2.05) is 37.3 Å². The van der Waals surface area contributed by atoms with Crippen LogP contribution in [0, 0.1) is 6.92 Å². The largest absolute Gasteiger partial charge is 0.383 e. The SMILES string of the molecule is COCCNC(=O)/C=C/c1ccc2cccc(C)c2n1. The van der Waals surface area contributed by atoms with Crippen molar-refractivity contribution in [3.8, 4) is 0 Å². The van der Waals surface area contributed by atoms with E-state index < -0.39 is 0 Å². The van der Waals surface area contributed by atoms with Gasteiger partial charge >= 0.3 is 0 Å². The Kier molecular flexibility index (Phi) is 4.85. The van der Waals surface area contributed by atoms with Crippen LogP contribution in [0.3, 0.4) is 0 Å². The second-order valence-corrected chi connectivity index (χ2v) is 4.50. The predicted octanol–water partition coefficient (Wildman–Crippen LogP) is 2.32. The Morgan fingerprint density at radius 2 is 2.20 bits per heavy atom. The molecule has 2 rings (SSSR count). The number of methoxy groups -OCH3 is 1. The van der Waals surface area contributed by atoms with Crippen molar-refractivity contribution >= 4 is 22.9 Å². The van der Waals surface area contributed by atoms with Gasteiger partial charge in [0.2, 0.25) is 5.91 Å². The highest BCUT2D eigenvalue weighted by Crippen LogP contribution is 2.16. The summed E-state index contributed by atoms with van der Waals surface area (Å²) in [5.41, 5.74) is 2.87. The standard InChI is InChI=1S/C16H18N2O2/c1-12-4-3-5-13-6-7-14(18-16(12)13)8-9-15(19)17-10-11-20-2/h3-9H,10-11H2,1-2H3,(H,17,19)/b9-8+. The maximum absolute atomic E-state index is 11.5. The average molecular weight is 270 g/mol. The third kappa shape index (κ3) is 3.65. The number of hydrogen-bond acceptors (Lipinski definition) is 3. The van der Waals surface area contributed by atoms with Crippen LogP contribution in [-0.2, 0) is 9.53 Å². The number of para-hydroxylation sites is 1. The van der Waals surface area contributed by atoms with Gasteiger partial charge in [0.05, 0.1) is 17.8 Å². The van der Waals surface area contributed by atoms with Crippen molar-refractivity contribution in [2.75, 3.05) is 20.3 Å². The van der Waals surface area contributed by atoms with E-state index >= 15 is 0 Å². The average Bonchev–Trinajstić information content (AvgIpc) is 2.46. The van der Waals surface area contributed by atoms with E-state index in [1.165, 1.54) is 6.08 Å². The molecule has 1 N–H and O–H groups in total. The van der Waals surface area contributed by atoms with Crippen LogP contribution in [0.1, 0.15) is 11.3 Å². The van der Waals surface area contributed by atoms with Crippen molar-refractivity contribution in [3.05, 3.63) is 47.7 Å². The molecule has 20 heavy (non-hydrogen) atoms. The molecular formula is C16H18N2O2. The summed E-state index contributed by atoms with van der Waals surface area (Å²) in [7, 11) is 1.60. The third-order valence-electron chi connectivity index (χ3n) is 2.95. The van der Waals surface area contributed by atoms with Crippen LogP contribution in [-0.4, -0.2) is 31.2 Å². The number of aromatic nitrogens is 1. The number of rotatable bonds is 5. The van der Waals surface area contributed by atoms with Gasteiger partial charge in [0.1, 0.15) is 0 Å². The van der Waals surface area contributed by atoms with E-state index in [0.29, 0.717) is 13.2 Å². The van der Waals surface area contributed by atoms with E-state index in [1.54, 1.807) is 13.2 Å². The summed E-state index contributed by atoms with van der Waals surface area (Å²) in [6.45, 7) is 3.04. The van der Waals surface area contributed by atoms with E-state index in [-0.39, 0.29) is 5.91 Å². The summed E-state index contributed by atoms with van der Waals surface area (Å²) >= 11 is 0. The van der Waals surface area contributed by atoms with Gasteiger partial charge in [0.25, 0.3) is 0 Å². The molecule has 0 aliphatic carbocycles. The van der Waals surface area contributed by atoms with E-state index in [4.69, 9.17) is 4.74 Å². The smallest absolute Gasteiger partial charge is 0.244 e. The van der Waals surface area contributed by atoms with Crippen LogP contribution in [0.2, 0.25) is 0 Å². The summed E-state index contributed by atoms with van der Waals surface area (Å²) in [6, 6.07) is 9.98. The van der Waals surface area contributed by atoms with E-state index in [0.717, 1.165) is 22.2 Å². The van der Waals surface area contributed by atoms with Crippen molar-refractivity contribution < 1.29 is 9.53 Å². The van der Waals surface area contributed by atoms with Gasteiger partial charge in [-0.2, -0.15) is 0 Å². The summed E-state index contributed by atoms with van der Waals surface area (Å²) < 4.78 is 4.87. The Hall–Kier alpha value is -2.20. The van der Waals surface area contributed by atoms with Gasteiger partial charge < -0.3 is 10.1 Å². The highest BCUT2D eigenvalue weighted by molar-refractivity contribution is 5.92. The Balaban J connectivity index is 2.10. The fraction of sp³-hybridized carbons (Fsp3) is 0.250. The minimum Gasteiger partial charge on any atom is -0.383 e. The highest BCUT2D eigenvalue weighted by atomic mass is 16.5. The van der Waals surface area contributed by atoms with Crippen LogP contribution in [0.15, 0.2) is 36.4 Å². The molecule has 0 saturated heterocycles. The number of ether oxygens (including phenoxy) is 1. The molecule has 1 amide bonds. The minimum atomic E-state index is -0.145. The molecule has 1 heterocycles. The number of amides is 1.